The summed E-state index contributed by atoms with van der Waals surface area (Å²) in [6.07, 6.45) is 0.517. The highest BCUT2D eigenvalue weighted by Gasteiger charge is 2.30. The predicted octanol–water partition coefficient (Wildman–Crippen LogP) is 5.16. The second kappa shape index (κ2) is 11.4. The second-order valence-corrected chi connectivity index (χ2v) is 9.76. The van der Waals surface area contributed by atoms with Crippen LogP contribution in [0.1, 0.15) is 39.7 Å². The minimum absolute atomic E-state index is 0.0984. The Kier molecular flexibility index (Phi) is 9.26. The molecule has 1 atom stereocenters. The first-order chi connectivity index (χ1) is 14.6. The van der Waals surface area contributed by atoms with Gasteiger partial charge in [0.2, 0.25) is 11.8 Å². The number of thioether (sulfide) groups is 1. The third-order valence-electron chi connectivity index (χ3n) is 4.55. The van der Waals surface area contributed by atoms with Crippen LogP contribution in [0, 0.1) is 0 Å². The van der Waals surface area contributed by atoms with Gasteiger partial charge in [-0.3, -0.25) is 9.59 Å². The number of carbonyl (C=O) groups is 2. The van der Waals surface area contributed by atoms with Crippen LogP contribution in [0.5, 0.6) is 5.75 Å². The molecule has 0 aliphatic rings. The summed E-state index contributed by atoms with van der Waals surface area (Å²) in [5, 5.41) is 3.67. The molecule has 0 saturated carbocycles. The Morgan fingerprint density at radius 1 is 1.16 bits per heavy atom. The van der Waals surface area contributed by atoms with Crippen molar-refractivity contribution in [1.29, 1.82) is 0 Å². The molecule has 2 rings (SSSR count). The number of nitrogens with zero attached hydrogens (tertiary/aromatic N) is 1. The molecule has 7 heteroatoms. The lowest BCUT2D eigenvalue weighted by molar-refractivity contribution is -0.140. The van der Waals surface area contributed by atoms with Crippen molar-refractivity contribution >= 4 is 35.2 Å². The first kappa shape index (κ1) is 25.1. The van der Waals surface area contributed by atoms with Gasteiger partial charge in [-0.15, -0.1) is 11.8 Å². The van der Waals surface area contributed by atoms with Gasteiger partial charge in [0.25, 0.3) is 0 Å². The molecule has 0 aliphatic heterocycles. The summed E-state index contributed by atoms with van der Waals surface area (Å²) in [5.41, 5.74) is 0.527. The van der Waals surface area contributed by atoms with Crippen molar-refractivity contribution in [2.24, 2.45) is 0 Å². The largest absolute Gasteiger partial charge is 0.497 e. The zero-order valence-electron chi connectivity index (χ0n) is 18.8. The summed E-state index contributed by atoms with van der Waals surface area (Å²) in [4.78, 5) is 28.9. The normalized spacial score (nSPS) is 12.2. The summed E-state index contributed by atoms with van der Waals surface area (Å²) in [6.45, 7) is 8.05. The first-order valence-electron chi connectivity index (χ1n) is 10.3. The Hall–Kier alpha value is -2.18. The van der Waals surface area contributed by atoms with Crippen molar-refractivity contribution in [2.75, 3.05) is 12.9 Å². The molecule has 0 fully saturated rings. The number of hydrogen-bond acceptors (Lipinski definition) is 4. The van der Waals surface area contributed by atoms with Crippen LogP contribution in [0.15, 0.2) is 53.4 Å². The second-order valence-electron chi connectivity index (χ2n) is 8.28. The highest BCUT2D eigenvalue weighted by atomic mass is 35.5. The molecule has 168 valence electrons. The van der Waals surface area contributed by atoms with E-state index >= 15 is 0 Å². The van der Waals surface area contributed by atoms with Gasteiger partial charge in [0.15, 0.2) is 0 Å². The number of carbonyl (C=O) groups excluding carboxylic acids is 2. The minimum Gasteiger partial charge on any atom is -0.497 e. The van der Waals surface area contributed by atoms with E-state index in [1.807, 2.05) is 64.1 Å². The molecule has 5 nitrogen and oxygen atoms in total. The monoisotopic (exact) mass is 462 g/mol. The lowest BCUT2D eigenvalue weighted by atomic mass is 10.1. The molecule has 0 bridgehead atoms. The van der Waals surface area contributed by atoms with E-state index in [1.165, 1.54) is 11.8 Å². The van der Waals surface area contributed by atoms with Crippen LogP contribution in [0.25, 0.3) is 0 Å². The fourth-order valence-electron chi connectivity index (χ4n) is 3.10. The number of benzene rings is 2. The van der Waals surface area contributed by atoms with Crippen molar-refractivity contribution in [3.05, 3.63) is 59.1 Å². The lowest BCUT2D eigenvalue weighted by Crippen LogP contribution is -2.53. The van der Waals surface area contributed by atoms with Gasteiger partial charge in [-0.05, 0) is 69.2 Å². The smallest absolute Gasteiger partial charge is 0.243 e. The SMILES string of the molecule is CCC(C(=O)NC(C)(C)C)N(Cc1cccc(OC)c1)C(=O)CSc1ccc(Cl)cc1. The molecule has 0 aliphatic carbocycles. The van der Waals surface area contributed by atoms with E-state index in [1.54, 1.807) is 24.1 Å². The van der Waals surface area contributed by atoms with Gasteiger partial charge in [-0.25, -0.2) is 0 Å². The third-order valence-corrected chi connectivity index (χ3v) is 5.80. The van der Waals surface area contributed by atoms with Gasteiger partial charge in [0.1, 0.15) is 11.8 Å². The number of ether oxygens (including phenoxy) is 1. The van der Waals surface area contributed by atoms with Gasteiger partial charge in [0.05, 0.1) is 12.9 Å². The molecule has 2 aromatic rings. The van der Waals surface area contributed by atoms with E-state index in [-0.39, 0.29) is 23.1 Å². The molecule has 1 N–H and O–H groups in total. The summed E-state index contributed by atoms with van der Waals surface area (Å²) in [7, 11) is 1.61. The van der Waals surface area contributed by atoms with E-state index in [0.29, 0.717) is 23.7 Å². The van der Waals surface area contributed by atoms with Crippen LogP contribution < -0.4 is 10.1 Å². The third kappa shape index (κ3) is 8.11. The maximum absolute atomic E-state index is 13.3. The van der Waals surface area contributed by atoms with Crippen LogP contribution >= 0.6 is 23.4 Å². The molecule has 0 saturated heterocycles. The Balaban J connectivity index is 2.24. The predicted molar refractivity (Wildman–Crippen MR) is 128 cm³/mol. The molecule has 2 amide bonds. The summed E-state index contributed by atoms with van der Waals surface area (Å²) in [5.74, 6) is 0.694. The van der Waals surface area contributed by atoms with Gasteiger partial charge >= 0.3 is 0 Å². The average molecular weight is 463 g/mol. The maximum Gasteiger partial charge on any atom is 0.243 e. The standard InChI is InChI=1S/C24H31ClN2O3S/c1-6-21(23(29)26-24(2,3)4)27(15-17-8-7-9-19(14-17)30-5)22(28)16-31-20-12-10-18(25)11-13-20/h7-14,21H,6,15-16H2,1-5H3,(H,26,29). The average Bonchev–Trinajstić information content (AvgIpc) is 2.71. The van der Waals surface area contributed by atoms with Gasteiger partial charge in [-0.2, -0.15) is 0 Å². The van der Waals surface area contributed by atoms with E-state index < -0.39 is 6.04 Å². The van der Waals surface area contributed by atoms with Gasteiger partial charge < -0.3 is 15.0 Å². The highest BCUT2D eigenvalue weighted by Crippen LogP contribution is 2.23. The van der Waals surface area contributed by atoms with Crippen molar-refractivity contribution in [3.63, 3.8) is 0 Å². The quantitative estimate of drug-likeness (QED) is 0.523. The summed E-state index contributed by atoms with van der Waals surface area (Å²) < 4.78 is 5.31. The number of methoxy groups -OCH3 is 1. The number of hydrogen-bond donors (Lipinski definition) is 1. The van der Waals surface area contributed by atoms with Crippen LogP contribution in [-0.4, -0.2) is 41.2 Å². The molecular weight excluding hydrogens is 432 g/mol. The van der Waals surface area contributed by atoms with Gasteiger partial charge in [-0.1, -0.05) is 30.7 Å². The minimum atomic E-state index is -0.566. The number of halogens is 1. The van der Waals surface area contributed by atoms with Gasteiger partial charge in [0, 0.05) is 22.0 Å². The maximum atomic E-state index is 13.3. The van der Waals surface area contributed by atoms with E-state index in [9.17, 15) is 9.59 Å². The zero-order valence-corrected chi connectivity index (χ0v) is 20.3. The van der Waals surface area contributed by atoms with E-state index in [2.05, 4.69) is 5.32 Å². The molecule has 31 heavy (non-hydrogen) atoms. The molecule has 0 spiro atoms. The molecule has 0 radical (unpaired) electrons. The van der Waals surface area contributed by atoms with E-state index in [0.717, 1.165) is 10.5 Å². The van der Waals surface area contributed by atoms with Crippen LogP contribution in [-0.2, 0) is 16.1 Å². The van der Waals surface area contributed by atoms with Crippen LogP contribution in [0.2, 0.25) is 5.02 Å². The number of rotatable bonds is 9. The molecule has 1 unspecified atom stereocenters. The molecule has 0 aromatic heterocycles. The topological polar surface area (TPSA) is 58.6 Å². The molecule has 2 aromatic carbocycles. The number of amides is 2. The Bertz CT molecular complexity index is 881. The van der Waals surface area contributed by atoms with Crippen LogP contribution in [0.4, 0.5) is 0 Å². The Morgan fingerprint density at radius 2 is 1.84 bits per heavy atom. The van der Waals surface area contributed by atoms with Crippen molar-refractivity contribution in [3.8, 4) is 5.75 Å². The summed E-state index contributed by atoms with van der Waals surface area (Å²) >= 11 is 7.38. The van der Waals surface area contributed by atoms with Crippen LogP contribution in [0.3, 0.4) is 0 Å². The first-order valence-corrected chi connectivity index (χ1v) is 11.6. The van der Waals surface area contributed by atoms with Crippen molar-refractivity contribution in [2.45, 2.75) is 57.1 Å². The van der Waals surface area contributed by atoms with Crippen molar-refractivity contribution < 1.29 is 14.3 Å². The number of nitrogens with one attached hydrogen (secondary N) is 1. The lowest BCUT2D eigenvalue weighted by Gasteiger charge is -2.33. The summed E-state index contributed by atoms with van der Waals surface area (Å²) in [6, 6.07) is 14.4. The molecule has 0 heterocycles. The highest BCUT2D eigenvalue weighted by molar-refractivity contribution is 8.00. The molecular formula is C24H31ClN2O3S. The fraction of sp³-hybridized carbons (Fsp3) is 0.417. The zero-order chi connectivity index (χ0) is 23.0. The fourth-order valence-corrected chi connectivity index (χ4v) is 4.01. The Labute approximate surface area is 194 Å². The van der Waals surface area contributed by atoms with Crippen molar-refractivity contribution in [1.82, 2.24) is 10.2 Å². The Morgan fingerprint density at radius 3 is 2.42 bits per heavy atom. The van der Waals surface area contributed by atoms with E-state index in [4.69, 9.17) is 16.3 Å².